The molecule has 0 radical (unpaired) electrons. The lowest BCUT2D eigenvalue weighted by Gasteiger charge is -2.22. The molecule has 2 heterocycles. The third kappa shape index (κ3) is 5.61. The van der Waals surface area contributed by atoms with Crippen LogP contribution < -0.4 is 0 Å². The molecule has 1 fully saturated rings. The molecule has 0 amide bonds. The first-order chi connectivity index (χ1) is 12.7. The number of aryl methyl sites for hydroxylation is 1. The first-order valence-corrected chi connectivity index (χ1v) is 10.1. The molecule has 3 rings (SSSR count). The minimum Gasteiger partial charge on any atom is -0.385 e. The maximum atomic E-state index is 10.5. The summed E-state index contributed by atoms with van der Waals surface area (Å²) >= 11 is 3.56. The van der Waals surface area contributed by atoms with E-state index in [-0.39, 0.29) is 6.29 Å². The van der Waals surface area contributed by atoms with Crippen LogP contribution >= 0.6 is 15.9 Å². The molecule has 6 nitrogen and oxygen atoms in total. The molecule has 1 aromatic carbocycles. The zero-order chi connectivity index (χ0) is 18.2. The Hall–Kier alpha value is -1.28. The molecule has 1 aliphatic heterocycles. The van der Waals surface area contributed by atoms with Gasteiger partial charge in [-0.05, 0) is 50.2 Å². The van der Waals surface area contributed by atoms with Crippen molar-refractivity contribution in [2.24, 2.45) is 0 Å². The Morgan fingerprint density at radius 2 is 2.23 bits per heavy atom. The summed E-state index contributed by atoms with van der Waals surface area (Å²) in [6.07, 6.45) is 6.40. The molecular formula is C19H26BrN3O3. The van der Waals surface area contributed by atoms with Gasteiger partial charge in [-0.15, -0.1) is 0 Å². The standard InChI is InChI=1S/C19H26BrN3O3/c20-16-8-2-1-6-15(16)7-5-9-17(24)19-21-14-22-23(19)11-13-26-18-10-3-4-12-25-18/h1-2,6,8,14,17-18,24H,3-5,7,9-13H2. The predicted molar refractivity (Wildman–Crippen MR) is 102 cm³/mol. The number of hydrogen-bond donors (Lipinski definition) is 1. The van der Waals surface area contributed by atoms with Crippen LogP contribution in [0.5, 0.6) is 0 Å². The van der Waals surface area contributed by atoms with E-state index in [0.29, 0.717) is 25.4 Å². The van der Waals surface area contributed by atoms with Crippen molar-refractivity contribution in [3.63, 3.8) is 0 Å². The largest absolute Gasteiger partial charge is 0.385 e. The smallest absolute Gasteiger partial charge is 0.157 e. The number of halogens is 1. The van der Waals surface area contributed by atoms with Crippen LogP contribution in [0.3, 0.4) is 0 Å². The molecular weight excluding hydrogens is 398 g/mol. The van der Waals surface area contributed by atoms with Gasteiger partial charge in [-0.1, -0.05) is 34.1 Å². The average molecular weight is 424 g/mol. The summed E-state index contributed by atoms with van der Waals surface area (Å²) in [6, 6.07) is 8.18. The van der Waals surface area contributed by atoms with Gasteiger partial charge in [0.05, 0.1) is 13.2 Å². The maximum Gasteiger partial charge on any atom is 0.157 e. The summed E-state index contributed by atoms with van der Waals surface area (Å²) in [4.78, 5) is 4.23. The number of ether oxygens (including phenoxy) is 2. The van der Waals surface area contributed by atoms with Gasteiger partial charge in [0.1, 0.15) is 12.4 Å². The lowest BCUT2D eigenvalue weighted by molar-refractivity contribution is -0.164. The van der Waals surface area contributed by atoms with Gasteiger partial charge in [-0.3, -0.25) is 0 Å². The van der Waals surface area contributed by atoms with Crippen LogP contribution in [0, 0.1) is 0 Å². The van der Waals surface area contributed by atoms with Crippen molar-refractivity contribution in [2.45, 2.75) is 57.5 Å². The normalized spacial score (nSPS) is 18.8. The first kappa shape index (κ1) is 19.5. The highest BCUT2D eigenvalue weighted by molar-refractivity contribution is 9.10. The fraction of sp³-hybridized carbons (Fsp3) is 0.579. The average Bonchev–Trinajstić information content (AvgIpc) is 3.13. The fourth-order valence-electron chi connectivity index (χ4n) is 3.13. The van der Waals surface area contributed by atoms with E-state index in [0.717, 1.165) is 43.2 Å². The Balaban J connectivity index is 1.43. The van der Waals surface area contributed by atoms with Crippen molar-refractivity contribution in [3.05, 3.63) is 46.5 Å². The first-order valence-electron chi connectivity index (χ1n) is 9.26. The van der Waals surface area contributed by atoms with Crippen LogP contribution in [0.1, 0.15) is 49.6 Å². The quantitative estimate of drug-likeness (QED) is 0.666. The second-order valence-corrected chi connectivity index (χ2v) is 7.36. The highest BCUT2D eigenvalue weighted by Crippen LogP contribution is 2.21. The van der Waals surface area contributed by atoms with E-state index in [9.17, 15) is 5.11 Å². The Morgan fingerprint density at radius 1 is 1.35 bits per heavy atom. The van der Waals surface area contributed by atoms with Crippen LogP contribution in [0.4, 0.5) is 0 Å². The van der Waals surface area contributed by atoms with Crippen LogP contribution in [-0.2, 0) is 22.4 Å². The SMILES string of the molecule is OC(CCCc1ccccc1Br)c1ncnn1CCOC1CCCCO1. The molecule has 2 atom stereocenters. The van der Waals surface area contributed by atoms with Crippen LogP contribution in [0.25, 0.3) is 0 Å². The molecule has 0 spiro atoms. The number of rotatable bonds is 9. The minimum atomic E-state index is -0.620. The van der Waals surface area contributed by atoms with Gasteiger partial charge in [0, 0.05) is 11.1 Å². The molecule has 2 aromatic rings. The second-order valence-electron chi connectivity index (χ2n) is 6.51. The molecule has 1 aromatic heterocycles. The van der Waals surface area contributed by atoms with Crippen molar-refractivity contribution >= 4 is 15.9 Å². The summed E-state index contributed by atoms with van der Waals surface area (Å²) in [5.41, 5.74) is 1.25. The van der Waals surface area contributed by atoms with E-state index in [2.05, 4.69) is 32.1 Å². The van der Waals surface area contributed by atoms with Crippen molar-refractivity contribution in [1.82, 2.24) is 14.8 Å². The van der Waals surface area contributed by atoms with Crippen LogP contribution in [-0.4, -0.2) is 39.4 Å². The Kier molecular flexibility index (Phi) is 7.61. The number of benzene rings is 1. The Labute approximate surface area is 162 Å². The molecule has 26 heavy (non-hydrogen) atoms. The van der Waals surface area contributed by atoms with Gasteiger partial charge in [-0.2, -0.15) is 5.10 Å². The van der Waals surface area contributed by atoms with E-state index in [1.54, 1.807) is 4.68 Å². The third-order valence-electron chi connectivity index (χ3n) is 4.57. The van der Waals surface area contributed by atoms with E-state index >= 15 is 0 Å². The number of hydrogen-bond acceptors (Lipinski definition) is 5. The number of aromatic nitrogens is 3. The Morgan fingerprint density at radius 3 is 3.04 bits per heavy atom. The summed E-state index contributed by atoms with van der Waals surface area (Å²) in [5.74, 6) is 0.602. The molecule has 2 unspecified atom stereocenters. The molecule has 1 aliphatic rings. The second kappa shape index (κ2) is 10.2. The van der Waals surface area contributed by atoms with E-state index in [4.69, 9.17) is 9.47 Å². The lowest BCUT2D eigenvalue weighted by Crippen LogP contribution is -2.24. The molecule has 0 aliphatic carbocycles. The van der Waals surface area contributed by atoms with Crippen LogP contribution in [0.15, 0.2) is 35.1 Å². The summed E-state index contributed by atoms with van der Waals surface area (Å²) in [6.45, 7) is 1.84. The predicted octanol–water partition coefficient (Wildman–Crippen LogP) is 3.64. The van der Waals surface area contributed by atoms with Crippen LogP contribution in [0.2, 0.25) is 0 Å². The monoisotopic (exact) mass is 423 g/mol. The maximum absolute atomic E-state index is 10.5. The van der Waals surface area contributed by atoms with E-state index in [1.165, 1.54) is 11.9 Å². The van der Waals surface area contributed by atoms with Crippen molar-refractivity contribution < 1.29 is 14.6 Å². The van der Waals surface area contributed by atoms with Gasteiger partial charge in [-0.25, -0.2) is 9.67 Å². The number of nitrogens with zero attached hydrogens (tertiary/aromatic N) is 3. The van der Waals surface area contributed by atoms with Gasteiger partial charge in [0.25, 0.3) is 0 Å². The highest BCUT2D eigenvalue weighted by atomic mass is 79.9. The summed E-state index contributed by atoms with van der Waals surface area (Å²) < 4.78 is 14.1. The van der Waals surface area contributed by atoms with Gasteiger partial charge in [0.15, 0.2) is 12.1 Å². The van der Waals surface area contributed by atoms with E-state index < -0.39 is 6.10 Å². The third-order valence-corrected chi connectivity index (χ3v) is 5.34. The summed E-state index contributed by atoms with van der Waals surface area (Å²) in [7, 11) is 0. The minimum absolute atomic E-state index is 0.107. The topological polar surface area (TPSA) is 69.4 Å². The Bertz CT molecular complexity index is 674. The fourth-order valence-corrected chi connectivity index (χ4v) is 3.62. The number of aliphatic hydroxyl groups excluding tert-OH is 1. The molecule has 142 valence electrons. The molecule has 1 saturated heterocycles. The molecule has 0 bridgehead atoms. The van der Waals surface area contributed by atoms with Crippen molar-refractivity contribution in [2.75, 3.05) is 13.2 Å². The number of aliphatic hydroxyl groups is 1. The lowest BCUT2D eigenvalue weighted by atomic mass is 10.1. The highest BCUT2D eigenvalue weighted by Gasteiger charge is 2.17. The molecule has 0 saturated carbocycles. The summed E-state index contributed by atoms with van der Waals surface area (Å²) in [5, 5.41) is 14.7. The van der Waals surface area contributed by atoms with Crippen molar-refractivity contribution in [1.29, 1.82) is 0 Å². The zero-order valence-electron chi connectivity index (χ0n) is 14.9. The van der Waals surface area contributed by atoms with Gasteiger partial charge >= 0.3 is 0 Å². The molecule has 7 heteroatoms. The molecule has 1 N–H and O–H groups in total. The van der Waals surface area contributed by atoms with E-state index in [1.807, 2.05) is 18.2 Å². The van der Waals surface area contributed by atoms with Gasteiger partial charge < -0.3 is 14.6 Å². The van der Waals surface area contributed by atoms with Gasteiger partial charge in [0.2, 0.25) is 0 Å². The zero-order valence-corrected chi connectivity index (χ0v) is 16.5. The van der Waals surface area contributed by atoms with Crippen molar-refractivity contribution in [3.8, 4) is 0 Å².